The number of rotatable bonds is 3. The molecule has 0 atom stereocenters. The summed E-state index contributed by atoms with van der Waals surface area (Å²) in [6, 6.07) is 8.45. The third kappa shape index (κ3) is 12.3. The molecule has 0 N–H and O–H groups in total. The van der Waals surface area contributed by atoms with Crippen molar-refractivity contribution in [2.75, 3.05) is 12.5 Å². The second kappa shape index (κ2) is 8.51. The van der Waals surface area contributed by atoms with E-state index in [2.05, 4.69) is 41.2 Å². The first-order valence-electron chi connectivity index (χ1n) is 6.11. The molecule has 136 valence electrons. The number of aromatic nitrogens is 2. The van der Waals surface area contributed by atoms with Crippen LogP contribution in [-0.4, -0.2) is 31.6 Å². The Bertz CT molecular complexity index is 673. The van der Waals surface area contributed by atoms with Crippen molar-refractivity contribution in [3.8, 4) is 10.6 Å². The number of thioether (sulfide) groups is 2. The van der Waals surface area contributed by atoms with Gasteiger partial charge in [-0.15, -0.1) is 0 Å². The van der Waals surface area contributed by atoms with Gasteiger partial charge in [0, 0.05) is 0 Å². The molecular formula is C12H13Cl6N2S3Sb. The fraction of sp³-hybridized carbons (Fsp3) is 0.250. The number of halogens is 6. The summed E-state index contributed by atoms with van der Waals surface area (Å²) >= 11 is 4.88. The van der Waals surface area contributed by atoms with Gasteiger partial charge in [0.15, 0.2) is 5.16 Å². The summed E-state index contributed by atoms with van der Waals surface area (Å²) in [6.07, 6.45) is 4.05. The second-order valence-electron chi connectivity index (χ2n) is 4.41. The van der Waals surface area contributed by atoms with Gasteiger partial charge >= 0.3 is 71.5 Å². The fourth-order valence-electron chi connectivity index (χ4n) is 1.32. The maximum atomic E-state index is 5.06. The van der Waals surface area contributed by atoms with E-state index in [9.17, 15) is 0 Å². The van der Waals surface area contributed by atoms with Gasteiger partial charge in [-0.3, -0.25) is 0 Å². The van der Waals surface area contributed by atoms with Crippen molar-refractivity contribution in [3.05, 3.63) is 29.8 Å². The van der Waals surface area contributed by atoms with E-state index in [0.29, 0.717) is 0 Å². The van der Waals surface area contributed by atoms with Crippen molar-refractivity contribution < 1.29 is 0 Å². The molecule has 0 aliphatic carbocycles. The molecule has 12 heteroatoms. The van der Waals surface area contributed by atoms with Gasteiger partial charge < -0.3 is 0 Å². The zero-order chi connectivity index (χ0) is 18.7. The SMILES string of the molecule is CSc1nc(SC)[s+]c(-c2ccc(C)cc2)n1.[Cl][Sb-]([Cl])([Cl])([Cl])([Cl])[Cl]. The third-order valence-corrected chi connectivity index (χ3v) is 4.75. The van der Waals surface area contributed by atoms with Crippen LogP contribution in [0.15, 0.2) is 33.8 Å². The Hall–Kier alpha value is 1.91. The normalized spacial score (nSPS) is 14.2. The van der Waals surface area contributed by atoms with E-state index in [1.807, 2.05) is 12.5 Å². The summed E-state index contributed by atoms with van der Waals surface area (Å²) < 4.78 is 1.06. The van der Waals surface area contributed by atoms with Gasteiger partial charge in [-0.25, -0.2) is 0 Å². The molecular weight excluding hydrogens is 603 g/mol. The van der Waals surface area contributed by atoms with Crippen LogP contribution in [0.4, 0.5) is 0 Å². The summed E-state index contributed by atoms with van der Waals surface area (Å²) in [5, 5.41) is 1.87. The second-order valence-corrected chi connectivity index (χ2v) is 64.1. The van der Waals surface area contributed by atoms with E-state index in [0.717, 1.165) is 20.1 Å². The number of benzene rings is 1. The van der Waals surface area contributed by atoms with Gasteiger partial charge in [0.1, 0.15) is 0 Å². The molecule has 24 heavy (non-hydrogen) atoms. The molecule has 0 saturated heterocycles. The summed E-state index contributed by atoms with van der Waals surface area (Å²) in [4.78, 5) is 9.00. The van der Waals surface area contributed by atoms with Gasteiger partial charge in [0.05, 0.1) is 5.56 Å². The predicted molar refractivity (Wildman–Crippen MR) is 119 cm³/mol. The molecule has 0 aliphatic rings. The Labute approximate surface area is 174 Å². The Morgan fingerprint density at radius 3 is 1.79 bits per heavy atom. The molecule has 0 aliphatic heterocycles. The van der Waals surface area contributed by atoms with E-state index < -0.39 is 9.14 Å². The zero-order valence-corrected chi connectivity index (χ0v) is 22.2. The molecule has 1 aromatic heterocycles. The Balaban J connectivity index is 0.000000351. The van der Waals surface area contributed by atoms with Crippen molar-refractivity contribution >= 4 is 97.0 Å². The number of hydrogen-bond donors (Lipinski definition) is 0. The molecule has 0 bridgehead atoms. The van der Waals surface area contributed by atoms with Crippen LogP contribution in [-0.2, 0) is 0 Å². The number of nitrogens with zero attached hydrogens (tertiary/aromatic N) is 2. The minimum atomic E-state index is -5.42. The van der Waals surface area contributed by atoms with Crippen LogP contribution >= 0.6 is 87.8 Å². The molecule has 0 radical (unpaired) electrons. The molecule has 1 heterocycles. The van der Waals surface area contributed by atoms with Crippen LogP contribution in [0.1, 0.15) is 5.56 Å². The summed E-state index contributed by atoms with van der Waals surface area (Å²) in [6.45, 7) is 2.09. The Kier molecular flexibility index (Phi) is 8.49. The van der Waals surface area contributed by atoms with Crippen LogP contribution < -0.4 is 0 Å². The van der Waals surface area contributed by atoms with Crippen LogP contribution in [0, 0.1) is 6.92 Å². The molecule has 0 unspecified atom stereocenters. The quantitative estimate of drug-likeness (QED) is 0.199. The van der Waals surface area contributed by atoms with Crippen molar-refractivity contribution in [2.45, 2.75) is 16.4 Å². The fourth-order valence-corrected chi connectivity index (χ4v) is 3.29. The summed E-state index contributed by atoms with van der Waals surface area (Å²) in [7, 11) is 25.0. The third-order valence-electron chi connectivity index (χ3n) is 2.22. The topological polar surface area (TPSA) is 25.8 Å². The summed E-state index contributed by atoms with van der Waals surface area (Å²) in [5.74, 6) is 0. The molecule has 2 rings (SSSR count). The van der Waals surface area contributed by atoms with E-state index in [4.69, 9.17) is 53.0 Å². The van der Waals surface area contributed by atoms with Gasteiger partial charge in [-0.1, -0.05) is 29.5 Å². The molecule has 2 nitrogen and oxygen atoms in total. The van der Waals surface area contributed by atoms with E-state index in [-0.39, 0.29) is 0 Å². The number of hydrogen-bond acceptors (Lipinski definition) is 4. The monoisotopic (exact) mass is 612 g/mol. The molecule has 0 fully saturated rings. The van der Waals surface area contributed by atoms with Crippen molar-refractivity contribution in [1.29, 1.82) is 0 Å². The van der Waals surface area contributed by atoms with Gasteiger partial charge in [0.25, 0.3) is 11.3 Å². The average molecular weight is 616 g/mol. The van der Waals surface area contributed by atoms with Crippen molar-refractivity contribution in [3.63, 3.8) is 0 Å². The van der Waals surface area contributed by atoms with Crippen molar-refractivity contribution in [2.24, 2.45) is 0 Å². The van der Waals surface area contributed by atoms with Crippen LogP contribution in [0.5, 0.6) is 0 Å². The first kappa shape index (κ1) is 23.9. The Morgan fingerprint density at radius 1 is 0.875 bits per heavy atom. The van der Waals surface area contributed by atoms with E-state index >= 15 is 0 Å². The first-order chi connectivity index (χ1) is 10.7. The summed E-state index contributed by atoms with van der Waals surface area (Å²) in [5.41, 5.74) is 2.43. The average Bonchev–Trinajstić information content (AvgIpc) is 2.44. The zero-order valence-electron chi connectivity index (χ0n) is 12.6. The molecule has 0 amide bonds. The first-order valence-corrected chi connectivity index (χ1v) is 28.8. The van der Waals surface area contributed by atoms with Crippen molar-refractivity contribution in [1.82, 2.24) is 9.97 Å². The van der Waals surface area contributed by atoms with Gasteiger partial charge in [-0.05, 0) is 43.3 Å². The Morgan fingerprint density at radius 2 is 1.38 bits per heavy atom. The van der Waals surface area contributed by atoms with E-state index in [1.165, 1.54) is 5.56 Å². The van der Waals surface area contributed by atoms with Crippen LogP contribution in [0.3, 0.4) is 0 Å². The molecule has 2 aromatic rings. The van der Waals surface area contributed by atoms with Crippen LogP contribution in [0.2, 0.25) is 0 Å². The van der Waals surface area contributed by atoms with E-state index in [1.54, 1.807) is 34.9 Å². The standard InChI is InChI=1S/C12H13N2S3.6ClH.Sb/c1-8-4-6-9(7-5-8)10-13-11(15-2)14-12(16-3)17-10;;;;;;;/h4-7H,1-3H3;6*1H;/q+1;;;;;;;+5/p-6. The maximum absolute atomic E-state index is 5.42. The molecule has 1 aromatic carbocycles. The van der Waals surface area contributed by atoms with Gasteiger partial charge in [0.2, 0.25) is 0 Å². The minimum absolute atomic E-state index is 0.837. The van der Waals surface area contributed by atoms with Gasteiger partial charge in [-0.2, -0.15) is 9.97 Å². The molecule has 0 spiro atoms. The number of aryl methyl sites for hydroxylation is 1. The molecule has 0 saturated carbocycles. The predicted octanol–water partition coefficient (Wildman–Crippen LogP) is 7.99. The van der Waals surface area contributed by atoms with Crippen LogP contribution in [0.25, 0.3) is 10.6 Å².